The fourth-order valence-corrected chi connectivity index (χ4v) is 11.3. The topological polar surface area (TPSA) is 214 Å². The number of benzene rings is 3. The van der Waals surface area contributed by atoms with Crippen molar-refractivity contribution in [1.82, 2.24) is 4.90 Å². The molecule has 2 heterocycles. The molecule has 3 aromatic rings. The summed E-state index contributed by atoms with van der Waals surface area (Å²) >= 11 is 0. The van der Waals surface area contributed by atoms with Crippen LogP contribution in [0.2, 0.25) is 0 Å². The fraction of sp³-hybridized carbons (Fsp3) is 0.510. The Labute approximate surface area is 389 Å². The summed E-state index contributed by atoms with van der Waals surface area (Å²) in [5, 5.41) is 38.2. The van der Waals surface area contributed by atoms with Crippen molar-refractivity contribution in [3.05, 3.63) is 113 Å². The van der Waals surface area contributed by atoms with Gasteiger partial charge in [-0.1, -0.05) is 74.5 Å². The first-order valence-corrected chi connectivity index (χ1v) is 22.5. The highest BCUT2D eigenvalue weighted by atomic mass is 16.6. The molecule has 3 aromatic carbocycles. The second-order valence-corrected chi connectivity index (χ2v) is 20.0. The van der Waals surface area contributed by atoms with Crippen LogP contribution in [0.5, 0.6) is 5.75 Å². The van der Waals surface area contributed by atoms with Crippen molar-refractivity contribution in [1.29, 1.82) is 0 Å². The lowest BCUT2D eigenvalue weighted by Crippen LogP contribution is -2.81. The number of Topliss-reactive ketones (excluding diaryl/α,β-unsaturated/α-hetero) is 1. The van der Waals surface area contributed by atoms with Gasteiger partial charge in [0.15, 0.2) is 23.7 Å². The first-order valence-electron chi connectivity index (χ1n) is 22.5. The molecule has 67 heavy (non-hydrogen) atoms. The van der Waals surface area contributed by atoms with Gasteiger partial charge < -0.3 is 48.5 Å². The summed E-state index contributed by atoms with van der Waals surface area (Å²) in [6, 6.07) is 22.3. The van der Waals surface area contributed by atoms with Gasteiger partial charge in [-0.2, -0.15) is 0 Å². The molecule has 12 atom stereocenters. The molecule has 5 aliphatic rings. The van der Waals surface area contributed by atoms with Crippen LogP contribution in [0.4, 0.5) is 4.79 Å². The number of esters is 3. The molecule has 1 unspecified atom stereocenters. The van der Waals surface area contributed by atoms with Gasteiger partial charge in [-0.3, -0.25) is 14.5 Å². The van der Waals surface area contributed by atoms with Crippen LogP contribution >= 0.6 is 0 Å². The van der Waals surface area contributed by atoms with E-state index >= 15 is 9.59 Å². The SMILES string of the molecule is COc1ccc(C2O[C@@H](C(=O)O[C@H]3C[C@@]4(O)[C@@H](OC(=O)c5ccccc5)[C@@H]5[C@]6(OC(C)=O)CO[C@@H]6C[C@H](O)[C@@]5(C)C(=O)[C@H](O)C(=C3C)C4(C)C)[C@H](c3ccccc3)N2C(=O)OC(C)(C)C)cc1. The molecule has 2 bridgehead atoms. The van der Waals surface area contributed by atoms with Crippen LogP contribution in [0, 0.1) is 16.7 Å². The number of nitrogens with zero attached hydrogens (tertiary/aromatic N) is 1. The van der Waals surface area contributed by atoms with Gasteiger partial charge in [0.2, 0.25) is 0 Å². The Bertz CT molecular complexity index is 2450. The maximum atomic E-state index is 15.2. The third-order valence-electron chi connectivity index (χ3n) is 14.7. The molecule has 0 aromatic heterocycles. The van der Waals surface area contributed by atoms with E-state index in [2.05, 4.69) is 0 Å². The average Bonchev–Trinajstić information content (AvgIpc) is 3.69. The molecule has 16 heteroatoms. The Balaban J connectivity index is 1.27. The number of aliphatic hydroxyl groups excluding tert-OH is 2. The Morgan fingerprint density at radius 1 is 0.866 bits per heavy atom. The van der Waals surface area contributed by atoms with E-state index in [1.807, 2.05) is 0 Å². The maximum Gasteiger partial charge on any atom is 0.413 e. The highest BCUT2D eigenvalue weighted by molar-refractivity contribution is 5.94. The Kier molecular flexibility index (Phi) is 12.2. The first kappa shape index (κ1) is 47.8. The normalized spacial score (nSPS) is 34.3. The molecule has 4 fully saturated rings. The summed E-state index contributed by atoms with van der Waals surface area (Å²) in [6.07, 6.45) is -11.9. The molecule has 3 N–H and O–H groups in total. The molecule has 2 saturated carbocycles. The molecule has 0 radical (unpaired) electrons. The van der Waals surface area contributed by atoms with E-state index in [4.69, 9.17) is 33.2 Å². The lowest BCUT2D eigenvalue weighted by Gasteiger charge is -2.67. The van der Waals surface area contributed by atoms with Crippen LogP contribution in [0.25, 0.3) is 0 Å². The van der Waals surface area contributed by atoms with Crippen LogP contribution in [-0.2, 0) is 42.8 Å². The zero-order valence-electron chi connectivity index (χ0n) is 39.1. The third kappa shape index (κ3) is 7.80. The van der Waals surface area contributed by atoms with Crippen LogP contribution in [0.1, 0.15) is 102 Å². The minimum atomic E-state index is -2.35. The number of amides is 1. The van der Waals surface area contributed by atoms with Crippen molar-refractivity contribution >= 4 is 29.8 Å². The van der Waals surface area contributed by atoms with Crippen LogP contribution in [0.15, 0.2) is 96.1 Å². The van der Waals surface area contributed by atoms with Crippen LogP contribution in [0.3, 0.4) is 0 Å². The zero-order chi connectivity index (χ0) is 48.6. The summed E-state index contributed by atoms with van der Waals surface area (Å²) < 4.78 is 42.7. The van der Waals surface area contributed by atoms with Crippen molar-refractivity contribution < 1.29 is 72.5 Å². The smallest absolute Gasteiger partial charge is 0.413 e. The highest BCUT2D eigenvalue weighted by Crippen LogP contribution is 2.64. The molecule has 0 spiro atoms. The summed E-state index contributed by atoms with van der Waals surface area (Å²) in [7, 11) is 1.52. The minimum Gasteiger partial charge on any atom is -0.497 e. The number of ketones is 1. The van der Waals surface area contributed by atoms with Gasteiger partial charge in [-0.05, 0) is 75.6 Å². The molecular formula is C51H59NO15. The number of carbonyl (C=O) groups excluding carboxylic acids is 5. The number of rotatable bonds is 8. The summed E-state index contributed by atoms with van der Waals surface area (Å²) in [4.78, 5) is 73.4. The third-order valence-corrected chi connectivity index (χ3v) is 14.7. The van der Waals surface area contributed by atoms with Gasteiger partial charge in [-0.25, -0.2) is 14.4 Å². The van der Waals surface area contributed by atoms with E-state index in [1.54, 1.807) is 114 Å². The minimum absolute atomic E-state index is 0.0244. The van der Waals surface area contributed by atoms with E-state index in [0.717, 1.165) is 0 Å². The molecule has 358 valence electrons. The van der Waals surface area contributed by atoms with Crippen LogP contribution in [-0.4, -0.2) is 117 Å². The van der Waals surface area contributed by atoms with Crippen molar-refractivity contribution in [2.24, 2.45) is 16.7 Å². The van der Waals surface area contributed by atoms with E-state index in [1.165, 1.54) is 38.0 Å². The second-order valence-electron chi connectivity index (χ2n) is 20.0. The van der Waals surface area contributed by atoms with Gasteiger partial charge in [0, 0.05) is 30.7 Å². The number of carbonyl (C=O) groups is 5. The number of hydrogen-bond acceptors (Lipinski definition) is 15. The number of methoxy groups -OCH3 is 1. The number of fused-ring (bicyclic) bond motifs is 5. The average molecular weight is 926 g/mol. The number of hydrogen-bond donors (Lipinski definition) is 3. The highest BCUT2D eigenvalue weighted by Gasteiger charge is 2.78. The van der Waals surface area contributed by atoms with Gasteiger partial charge in [0.1, 0.15) is 47.4 Å². The van der Waals surface area contributed by atoms with Gasteiger partial charge >= 0.3 is 24.0 Å². The summed E-state index contributed by atoms with van der Waals surface area (Å²) in [5.41, 5.74) is -7.41. The fourth-order valence-electron chi connectivity index (χ4n) is 11.3. The molecule has 16 nitrogen and oxygen atoms in total. The van der Waals surface area contributed by atoms with Gasteiger partial charge in [0.05, 0.1) is 36.7 Å². The first-order chi connectivity index (χ1) is 31.5. The second kappa shape index (κ2) is 17.1. The molecule has 1 amide bonds. The van der Waals surface area contributed by atoms with Crippen LogP contribution < -0.4 is 4.74 Å². The Morgan fingerprint density at radius 3 is 2.06 bits per heavy atom. The predicted molar refractivity (Wildman–Crippen MR) is 237 cm³/mol. The zero-order valence-corrected chi connectivity index (χ0v) is 39.1. The lowest BCUT2D eigenvalue weighted by molar-refractivity contribution is -0.346. The lowest BCUT2D eigenvalue weighted by atomic mass is 9.44. The van der Waals surface area contributed by atoms with Crippen molar-refractivity contribution in [3.8, 4) is 5.75 Å². The van der Waals surface area contributed by atoms with E-state index in [-0.39, 0.29) is 29.7 Å². The molecule has 2 aliphatic heterocycles. The van der Waals surface area contributed by atoms with E-state index in [0.29, 0.717) is 16.9 Å². The molecule has 2 saturated heterocycles. The summed E-state index contributed by atoms with van der Waals surface area (Å²) in [5.74, 6) is -4.50. The van der Waals surface area contributed by atoms with Gasteiger partial charge in [0.25, 0.3) is 0 Å². The molecule has 3 aliphatic carbocycles. The van der Waals surface area contributed by atoms with E-state index < -0.39 is 119 Å². The largest absolute Gasteiger partial charge is 0.497 e. The number of aliphatic hydroxyl groups is 3. The van der Waals surface area contributed by atoms with E-state index in [9.17, 15) is 29.7 Å². The standard InChI is InChI=1S/C51H59NO15/c1-27-33(63-45(58)39-37(29-16-12-10-13-17-29)52(46(59)67-47(3,4)5)43(64-39)30-20-22-32(61-9)23-21-30)25-51(60)42(65-44(57)31-18-14-11-15-19-31)40-49(8,41(56)38(55)36(27)48(51,6)7)34(54)24-35-50(40,26-62-35)66-28(2)53/h10-23,33-35,37-40,42-43,54-55,60H,24-26H2,1-9H3/t33-,34-,35+,37-,38+,39+,40-,42-,43?,49+,50-,51+/m0/s1. The molecular weight excluding hydrogens is 867 g/mol. The van der Waals surface area contributed by atoms with Crippen molar-refractivity contribution in [2.45, 2.75) is 134 Å². The Morgan fingerprint density at radius 2 is 1.49 bits per heavy atom. The van der Waals surface area contributed by atoms with Crippen molar-refractivity contribution in [3.63, 3.8) is 0 Å². The maximum absolute atomic E-state index is 15.2. The van der Waals surface area contributed by atoms with Gasteiger partial charge in [-0.15, -0.1) is 0 Å². The quantitative estimate of drug-likeness (QED) is 0.140. The monoisotopic (exact) mass is 925 g/mol. The summed E-state index contributed by atoms with van der Waals surface area (Å²) in [6.45, 7) is 12.2. The predicted octanol–water partition coefficient (Wildman–Crippen LogP) is 5.72. The number of ether oxygens (including phenoxy) is 7. The molecule has 8 rings (SSSR count). The van der Waals surface area contributed by atoms with Crippen molar-refractivity contribution in [2.75, 3.05) is 13.7 Å². The Hall–Kier alpha value is -5.65.